The summed E-state index contributed by atoms with van der Waals surface area (Å²) >= 11 is 0. The lowest BCUT2D eigenvalue weighted by molar-refractivity contribution is 0.590. The minimum Gasteiger partial charge on any atom is -0.247 e. The smallest absolute Gasteiger partial charge is 0.112 e. The average molecular weight is 558 g/mol. The van der Waals surface area contributed by atoms with Gasteiger partial charge >= 0.3 is 0 Å². The van der Waals surface area contributed by atoms with E-state index >= 15 is 0 Å². The highest BCUT2D eigenvalue weighted by atomic mass is 14.9. The average Bonchev–Trinajstić information content (AvgIpc) is 3.25. The van der Waals surface area contributed by atoms with Gasteiger partial charge < -0.3 is 0 Å². The summed E-state index contributed by atoms with van der Waals surface area (Å²) in [5.41, 5.74) is 13.1. The Hall–Kier alpha value is -4.89. The van der Waals surface area contributed by atoms with Crippen LogP contribution in [0.25, 0.3) is 56.3 Å². The van der Waals surface area contributed by atoms with Gasteiger partial charge in [0, 0.05) is 27.7 Å². The molecule has 0 N–H and O–H groups in total. The van der Waals surface area contributed by atoms with Crippen LogP contribution in [0.15, 0.2) is 121 Å². The Labute approximate surface area is 254 Å². The normalized spacial score (nSPS) is 13.4. The van der Waals surface area contributed by atoms with Crippen LogP contribution in [0.2, 0.25) is 0 Å². The van der Waals surface area contributed by atoms with Crippen molar-refractivity contribution in [2.24, 2.45) is 0 Å². The van der Waals surface area contributed by atoms with Gasteiger partial charge in [-0.1, -0.05) is 136 Å². The van der Waals surface area contributed by atoms with E-state index < -0.39 is 0 Å². The molecule has 0 spiro atoms. The third-order valence-corrected chi connectivity index (χ3v) is 8.61. The highest BCUT2D eigenvalue weighted by molar-refractivity contribution is 5.88. The van der Waals surface area contributed by atoms with Crippen LogP contribution >= 0.6 is 0 Å². The Morgan fingerprint density at radius 3 is 1.49 bits per heavy atom. The molecule has 0 aliphatic heterocycles. The first-order valence-electron chi connectivity index (χ1n) is 15.0. The number of hydrogen-bond acceptors (Lipinski definition) is 3. The van der Waals surface area contributed by atoms with Crippen molar-refractivity contribution < 1.29 is 0 Å². The first-order chi connectivity index (χ1) is 20.7. The third-order valence-electron chi connectivity index (χ3n) is 8.61. The van der Waals surface area contributed by atoms with Gasteiger partial charge in [0.1, 0.15) is 5.69 Å². The Morgan fingerprint density at radius 1 is 0.465 bits per heavy atom. The van der Waals surface area contributed by atoms with E-state index in [1.165, 1.54) is 5.56 Å². The summed E-state index contributed by atoms with van der Waals surface area (Å²) in [5, 5.41) is 0. The predicted molar refractivity (Wildman–Crippen MR) is 178 cm³/mol. The second kappa shape index (κ2) is 10.1. The highest BCUT2D eigenvalue weighted by Gasteiger charge is 2.41. The number of rotatable bonds is 4. The van der Waals surface area contributed by atoms with E-state index in [-0.39, 0.29) is 10.8 Å². The maximum Gasteiger partial charge on any atom is 0.112 e. The number of pyridine rings is 1. The minimum absolute atomic E-state index is 0.0760. The minimum atomic E-state index is -0.376. The largest absolute Gasteiger partial charge is 0.247 e. The molecule has 7 rings (SSSR count). The molecule has 0 fully saturated rings. The number of fused-ring (bicyclic) bond motifs is 3. The molecule has 1 aliphatic carbocycles. The van der Waals surface area contributed by atoms with Crippen molar-refractivity contribution in [2.45, 2.75) is 45.4 Å². The lowest BCUT2D eigenvalue weighted by Gasteiger charge is -2.22. The lowest BCUT2D eigenvalue weighted by atomic mass is 9.84. The first-order valence-corrected chi connectivity index (χ1v) is 15.0. The summed E-state index contributed by atoms with van der Waals surface area (Å²) in [6.45, 7) is 11.2. The number of nitrogens with zero attached hydrogens (tertiary/aromatic N) is 3. The van der Waals surface area contributed by atoms with E-state index in [0.29, 0.717) is 0 Å². The molecule has 2 heterocycles. The highest BCUT2D eigenvalue weighted by Crippen LogP contribution is 2.50. The Bertz CT molecular complexity index is 1930. The van der Waals surface area contributed by atoms with E-state index in [1.807, 2.05) is 12.1 Å². The molecule has 43 heavy (non-hydrogen) atoms. The van der Waals surface area contributed by atoms with Crippen molar-refractivity contribution in [1.82, 2.24) is 15.0 Å². The Balaban J connectivity index is 1.49. The van der Waals surface area contributed by atoms with Gasteiger partial charge in [0.05, 0.1) is 28.5 Å². The molecule has 4 aromatic carbocycles. The van der Waals surface area contributed by atoms with Crippen LogP contribution in [-0.2, 0) is 10.8 Å². The van der Waals surface area contributed by atoms with Crippen molar-refractivity contribution in [2.75, 3.05) is 0 Å². The fourth-order valence-corrected chi connectivity index (χ4v) is 6.11. The van der Waals surface area contributed by atoms with E-state index in [9.17, 15) is 0 Å². The maximum atomic E-state index is 5.46. The summed E-state index contributed by atoms with van der Waals surface area (Å²) in [4.78, 5) is 16.3. The number of hydrogen-bond donors (Lipinski definition) is 0. The molecule has 0 saturated heterocycles. The van der Waals surface area contributed by atoms with Crippen LogP contribution < -0.4 is 0 Å². The molecule has 3 heteroatoms. The molecule has 1 aliphatic rings. The van der Waals surface area contributed by atoms with Crippen molar-refractivity contribution in [3.05, 3.63) is 138 Å². The van der Waals surface area contributed by atoms with Crippen LogP contribution in [-0.4, -0.2) is 15.0 Å². The summed E-state index contributed by atoms with van der Waals surface area (Å²) in [7, 11) is 0. The van der Waals surface area contributed by atoms with Crippen LogP contribution in [0.5, 0.6) is 0 Å². The van der Waals surface area contributed by atoms with E-state index in [0.717, 1.165) is 67.5 Å². The fourth-order valence-electron chi connectivity index (χ4n) is 6.11. The van der Waals surface area contributed by atoms with Gasteiger partial charge in [-0.25, -0.2) is 15.0 Å². The monoisotopic (exact) mass is 557 g/mol. The second-order valence-electron chi connectivity index (χ2n) is 12.9. The first kappa shape index (κ1) is 27.0. The number of aromatic nitrogens is 3. The Kier molecular flexibility index (Phi) is 6.36. The fraction of sp³-hybridized carbons (Fsp3) is 0.175. The molecule has 6 aromatic rings. The molecular formula is C40H35N3. The molecule has 0 saturated carbocycles. The molecule has 0 atom stereocenters. The van der Waals surface area contributed by atoms with Crippen molar-refractivity contribution in [3.63, 3.8) is 0 Å². The second-order valence-corrected chi connectivity index (χ2v) is 12.9. The summed E-state index contributed by atoms with van der Waals surface area (Å²) in [6, 6.07) is 42.6. The van der Waals surface area contributed by atoms with Gasteiger partial charge in [-0.15, -0.1) is 0 Å². The summed E-state index contributed by atoms with van der Waals surface area (Å²) < 4.78 is 0. The van der Waals surface area contributed by atoms with Gasteiger partial charge in [-0.3, -0.25) is 0 Å². The number of benzene rings is 4. The van der Waals surface area contributed by atoms with Crippen LogP contribution in [0.3, 0.4) is 0 Å². The molecular weight excluding hydrogens is 522 g/mol. The van der Waals surface area contributed by atoms with E-state index in [4.69, 9.17) is 15.0 Å². The van der Waals surface area contributed by atoms with Crippen molar-refractivity contribution >= 4 is 0 Å². The van der Waals surface area contributed by atoms with Crippen molar-refractivity contribution in [1.29, 1.82) is 0 Å². The van der Waals surface area contributed by atoms with Crippen LogP contribution in [0.4, 0.5) is 0 Å². The molecule has 0 unspecified atom stereocenters. The molecule has 0 bridgehead atoms. The predicted octanol–water partition coefficient (Wildman–Crippen LogP) is 10.1. The van der Waals surface area contributed by atoms with E-state index in [2.05, 4.69) is 144 Å². The zero-order valence-electron chi connectivity index (χ0n) is 25.4. The van der Waals surface area contributed by atoms with Gasteiger partial charge in [0.2, 0.25) is 0 Å². The maximum absolute atomic E-state index is 5.46. The lowest BCUT2D eigenvalue weighted by Crippen LogP contribution is -2.18. The Morgan fingerprint density at radius 2 is 0.930 bits per heavy atom. The molecule has 210 valence electrons. The van der Waals surface area contributed by atoms with Gasteiger partial charge in [0.15, 0.2) is 0 Å². The van der Waals surface area contributed by atoms with Crippen molar-refractivity contribution in [3.8, 4) is 56.3 Å². The van der Waals surface area contributed by atoms with Gasteiger partial charge in [-0.05, 0) is 42.0 Å². The van der Waals surface area contributed by atoms with E-state index in [1.54, 1.807) is 0 Å². The summed E-state index contributed by atoms with van der Waals surface area (Å²) in [5.74, 6) is 0. The summed E-state index contributed by atoms with van der Waals surface area (Å²) in [6.07, 6.45) is 0. The van der Waals surface area contributed by atoms with Crippen LogP contribution in [0.1, 0.15) is 51.4 Å². The SMILES string of the molecule is CC(C)(C)c1ccc(-c2nc3c(nc2-c2ccccc2)-c2nc(-c4ccccc4)c(-c4ccccc4)cc2C3(C)C)cc1. The molecule has 0 amide bonds. The standard InChI is InChI=1S/C40H35N3/c1-39(2,3)30-23-21-29(22-24-30)35-34(28-19-13-8-14-20-28)42-37-36-32(40(4,5)38(37)43-35)25-31(26-15-9-6-10-16-26)33(41-36)27-17-11-7-12-18-27/h6-25H,1-5H3. The zero-order valence-corrected chi connectivity index (χ0v) is 25.4. The zero-order chi connectivity index (χ0) is 29.8. The van der Waals surface area contributed by atoms with Crippen LogP contribution in [0, 0.1) is 0 Å². The molecule has 3 nitrogen and oxygen atoms in total. The quantitative estimate of drug-likeness (QED) is 0.216. The van der Waals surface area contributed by atoms with Gasteiger partial charge in [0.25, 0.3) is 0 Å². The van der Waals surface area contributed by atoms with Gasteiger partial charge in [-0.2, -0.15) is 0 Å². The molecule has 2 aromatic heterocycles. The topological polar surface area (TPSA) is 38.7 Å². The third kappa shape index (κ3) is 4.66. The molecule has 0 radical (unpaired) electrons.